The van der Waals surface area contributed by atoms with Crippen molar-refractivity contribution in [2.75, 3.05) is 12.0 Å². The molecule has 0 radical (unpaired) electrons. The van der Waals surface area contributed by atoms with E-state index in [9.17, 15) is 18.0 Å². The first-order valence-corrected chi connectivity index (χ1v) is 8.17. The van der Waals surface area contributed by atoms with E-state index in [2.05, 4.69) is 5.32 Å². The number of hydrogen-bond acceptors (Lipinski definition) is 2. The SMILES string of the molecule is COc1ccc2c(c1)C(c1cccc(C(F)(F)F)c1)NC(=O)N2C(C)C. The topological polar surface area (TPSA) is 41.6 Å². The van der Waals surface area contributed by atoms with Crippen molar-refractivity contribution >= 4 is 11.7 Å². The lowest BCUT2D eigenvalue weighted by Gasteiger charge is -2.37. The number of anilines is 1. The molecule has 1 unspecified atom stereocenters. The third-order valence-corrected chi connectivity index (χ3v) is 4.36. The number of fused-ring (bicyclic) bond motifs is 1. The zero-order valence-corrected chi connectivity index (χ0v) is 14.6. The fourth-order valence-corrected chi connectivity index (χ4v) is 3.16. The lowest BCUT2D eigenvalue weighted by Crippen LogP contribution is -2.50. The van der Waals surface area contributed by atoms with E-state index in [1.807, 2.05) is 13.8 Å². The number of amides is 2. The average Bonchev–Trinajstić information content (AvgIpc) is 2.59. The predicted octanol–water partition coefficient (Wildman–Crippen LogP) is 4.74. The molecule has 0 aromatic heterocycles. The van der Waals surface area contributed by atoms with E-state index in [4.69, 9.17) is 4.74 Å². The molecule has 2 aromatic rings. The number of nitrogens with zero attached hydrogens (tertiary/aromatic N) is 1. The Kier molecular flexibility index (Phi) is 4.56. The van der Waals surface area contributed by atoms with Gasteiger partial charge in [0.25, 0.3) is 0 Å². The van der Waals surface area contributed by atoms with Crippen molar-refractivity contribution in [1.29, 1.82) is 0 Å². The molecule has 138 valence electrons. The van der Waals surface area contributed by atoms with E-state index in [0.29, 0.717) is 22.6 Å². The molecule has 0 spiro atoms. The maximum Gasteiger partial charge on any atom is 0.416 e. The monoisotopic (exact) mass is 364 g/mol. The van der Waals surface area contributed by atoms with Crippen molar-refractivity contribution in [3.63, 3.8) is 0 Å². The fourth-order valence-electron chi connectivity index (χ4n) is 3.16. The molecule has 3 rings (SSSR count). The fraction of sp³-hybridized carbons (Fsp3) is 0.316. The largest absolute Gasteiger partial charge is 0.497 e. The van der Waals surface area contributed by atoms with Crippen LogP contribution in [0.4, 0.5) is 23.7 Å². The van der Waals surface area contributed by atoms with Crippen LogP contribution in [-0.4, -0.2) is 19.2 Å². The van der Waals surface area contributed by atoms with Crippen LogP contribution in [0.15, 0.2) is 42.5 Å². The molecule has 0 saturated heterocycles. The van der Waals surface area contributed by atoms with E-state index in [-0.39, 0.29) is 12.1 Å². The Morgan fingerprint density at radius 2 is 1.88 bits per heavy atom. The number of halogens is 3. The van der Waals surface area contributed by atoms with E-state index < -0.39 is 17.8 Å². The molecule has 0 saturated carbocycles. The summed E-state index contributed by atoms with van der Waals surface area (Å²) in [7, 11) is 1.52. The molecule has 1 N–H and O–H groups in total. The number of carbonyl (C=O) groups is 1. The number of ether oxygens (including phenoxy) is 1. The van der Waals surface area contributed by atoms with Gasteiger partial charge in [0.2, 0.25) is 0 Å². The van der Waals surface area contributed by atoms with Gasteiger partial charge in [-0.15, -0.1) is 0 Å². The number of nitrogens with one attached hydrogen (secondary N) is 1. The van der Waals surface area contributed by atoms with Gasteiger partial charge in [-0.25, -0.2) is 4.79 Å². The zero-order chi connectivity index (χ0) is 19.1. The van der Waals surface area contributed by atoms with Crippen LogP contribution in [0.5, 0.6) is 5.75 Å². The van der Waals surface area contributed by atoms with Crippen LogP contribution >= 0.6 is 0 Å². The highest BCUT2D eigenvalue weighted by molar-refractivity contribution is 5.96. The highest BCUT2D eigenvalue weighted by atomic mass is 19.4. The molecule has 7 heteroatoms. The normalized spacial score (nSPS) is 17.1. The molecular formula is C19H19F3N2O2. The molecule has 1 aliphatic heterocycles. The summed E-state index contributed by atoms with van der Waals surface area (Å²) in [6, 6.07) is 9.10. The summed E-state index contributed by atoms with van der Waals surface area (Å²) < 4.78 is 44.5. The van der Waals surface area contributed by atoms with Crippen molar-refractivity contribution in [1.82, 2.24) is 5.32 Å². The van der Waals surface area contributed by atoms with Crippen molar-refractivity contribution in [2.24, 2.45) is 0 Å². The van der Waals surface area contributed by atoms with Gasteiger partial charge in [-0.05, 0) is 49.7 Å². The number of urea groups is 1. The summed E-state index contributed by atoms with van der Waals surface area (Å²) in [4.78, 5) is 14.2. The Morgan fingerprint density at radius 1 is 1.15 bits per heavy atom. The minimum absolute atomic E-state index is 0.107. The maximum absolute atomic E-state index is 13.1. The lowest BCUT2D eigenvalue weighted by molar-refractivity contribution is -0.137. The summed E-state index contributed by atoms with van der Waals surface area (Å²) in [5, 5.41) is 2.81. The first-order chi connectivity index (χ1) is 12.2. The molecular weight excluding hydrogens is 345 g/mol. The highest BCUT2D eigenvalue weighted by Crippen LogP contribution is 2.39. The van der Waals surface area contributed by atoms with E-state index in [1.54, 1.807) is 29.2 Å². The summed E-state index contributed by atoms with van der Waals surface area (Å²) in [6.45, 7) is 3.75. The van der Waals surface area contributed by atoms with Crippen molar-refractivity contribution in [2.45, 2.75) is 32.1 Å². The van der Waals surface area contributed by atoms with Gasteiger partial charge in [0.15, 0.2) is 0 Å². The standard InChI is InChI=1S/C19H19F3N2O2/c1-11(2)24-16-8-7-14(26-3)10-15(16)17(23-18(24)25)12-5-4-6-13(9-12)19(20,21)22/h4-11,17H,1-3H3,(H,23,25). The van der Waals surface area contributed by atoms with E-state index in [0.717, 1.165) is 12.1 Å². The molecule has 2 amide bonds. The first kappa shape index (κ1) is 18.1. The van der Waals surface area contributed by atoms with Crippen LogP contribution in [0.25, 0.3) is 0 Å². The van der Waals surface area contributed by atoms with Gasteiger partial charge in [-0.2, -0.15) is 13.2 Å². The number of methoxy groups -OCH3 is 1. The van der Waals surface area contributed by atoms with Crippen molar-refractivity contribution in [3.8, 4) is 5.75 Å². The van der Waals surface area contributed by atoms with Gasteiger partial charge >= 0.3 is 12.2 Å². The van der Waals surface area contributed by atoms with Crippen LogP contribution in [0.2, 0.25) is 0 Å². The molecule has 4 nitrogen and oxygen atoms in total. The molecule has 0 bridgehead atoms. The van der Waals surface area contributed by atoms with Crippen LogP contribution < -0.4 is 15.0 Å². The maximum atomic E-state index is 13.1. The van der Waals surface area contributed by atoms with Crippen molar-refractivity contribution in [3.05, 3.63) is 59.2 Å². The van der Waals surface area contributed by atoms with E-state index in [1.165, 1.54) is 13.2 Å². The van der Waals surface area contributed by atoms with Gasteiger partial charge in [0.05, 0.1) is 24.4 Å². The lowest BCUT2D eigenvalue weighted by atomic mass is 9.93. The summed E-state index contributed by atoms with van der Waals surface area (Å²) in [5.74, 6) is 0.570. The average molecular weight is 364 g/mol. The second-order valence-electron chi connectivity index (χ2n) is 6.39. The predicted molar refractivity (Wildman–Crippen MR) is 92.4 cm³/mol. The van der Waals surface area contributed by atoms with Gasteiger partial charge in [0, 0.05) is 11.6 Å². The number of carbonyl (C=O) groups excluding carboxylic acids is 1. The zero-order valence-electron chi connectivity index (χ0n) is 14.6. The Bertz CT molecular complexity index is 834. The smallest absolute Gasteiger partial charge is 0.416 e. The first-order valence-electron chi connectivity index (χ1n) is 8.17. The summed E-state index contributed by atoms with van der Waals surface area (Å²) >= 11 is 0. The molecule has 0 aliphatic carbocycles. The second-order valence-corrected chi connectivity index (χ2v) is 6.39. The van der Waals surface area contributed by atoms with Crippen LogP contribution in [0.1, 0.15) is 36.6 Å². The highest BCUT2D eigenvalue weighted by Gasteiger charge is 2.35. The molecule has 26 heavy (non-hydrogen) atoms. The van der Waals surface area contributed by atoms with Crippen molar-refractivity contribution < 1.29 is 22.7 Å². The number of hydrogen-bond donors (Lipinski definition) is 1. The summed E-state index contributed by atoms with van der Waals surface area (Å²) in [6.07, 6.45) is -4.45. The van der Waals surface area contributed by atoms with Gasteiger partial charge in [0.1, 0.15) is 5.75 Å². The Hall–Kier alpha value is -2.70. The van der Waals surface area contributed by atoms with Crippen LogP contribution in [0, 0.1) is 0 Å². The van der Waals surface area contributed by atoms with Gasteiger partial charge in [-0.1, -0.05) is 12.1 Å². The minimum Gasteiger partial charge on any atom is -0.497 e. The van der Waals surface area contributed by atoms with Crippen LogP contribution in [-0.2, 0) is 6.18 Å². The van der Waals surface area contributed by atoms with E-state index >= 15 is 0 Å². The third-order valence-electron chi connectivity index (χ3n) is 4.36. The number of rotatable bonds is 3. The third kappa shape index (κ3) is 3.21. The molecule has 2 aromatic carbocycles. The van der Waals surface area contributed by atoms with Gasteiger partial charge in [-0.3, -0.25) is 4.90 Å². The Labute approximate surface area is 149 Å². The molecule has 0 fully saturated rings. The molecule has 1 heterocycles. The second kappa shape index (κ2) is 6.55. The summed E-state index contributed by atoms with van der Waals surface area (Å²) in [5.41, 5.74) is 0.968. The molecule has 1 atom stereocenters. The van der Waals surface area contributed by atoms with Gasteiger partial charge < -0.3 is 10.1 Å². The van der Waals surface area contributed by atoms with Crippen LogP contribution in [0.3, 0.4) is 0 Å². The Balaban J connectivity index is 2.14. The number of alkyl halides is 3. The quantitative estimate of drug-likeness (QED) is 0.855. The Morgan fingerprint density at radius 3 is 2.50 bits per heavy atom. The minimum atomic E-state index is -4.45. The molecule has 1 aliphatic rings. The number of benzene rings is 2.